The fraction of sp³-hybridized carbons (Fsp3) is 0.667. The molecule has 1 aromatic heterocycles. The second-order valence-corrected chi connectivity index (χ2v) is 5.36. The maximum Gasteiger partial charge on any atom is 0.0569 e. The van der Waals surface area contributed by atoms with Gasteiger partial charge < -0.3 is 10.6 Å². The van der Waals surface area contributed by atoms with Crippen LogP contribution in [0.3, 0.4) is 0 Å². The van der Waals surface area contributed by atoms with Gasteiger partial charge in [-0.25, -0.2) is 0 Å². The van der Waals surface area contributed by atoms with E-state index >= 15 is 0 Å². The number of rotatable bonds is 4. The molecule has 3 heteroatoms. The average Bonchev–Trinajstić information content (AvgIpc) is 2.40. The van der Waals surface area contributed by atoms with Gasteiger partial charge in [0, 0.05) is 18.6 Å². The highest BCUT2D eigenvalue weighted by Crippen LogP contribution is 2.27. The van der Waals surface area contributed by atoms with E-state index in [1.165, 1.54) is 44.3 Å². The molecule has 1 aliphatic rings. The zero-order valence-electron chi connectivity index (χ0n) is 11.6. The number of nitrogens with zero attached hydrogens (tertiary/aromatic N) is 2. The van der Waals surface area contributed by atoms with Crippen molar-refractivity contribution in [1.29, 1.82) is 0 Å². The number of pyridine rings is 1. The van der Waals surface area contributed by atoms with Gasteiger partial charge in [-0.15, -0.1) is 0 Å². The van der Waals surface area contributed by atoms with E-state index in [9.17, 15) is 0 Å². The third-order valence-electron chi connectivity index (χ3n) is 3.82. The monoisotopic (exact) mass is 247 g/mol. The van der Waals surface area contributed by atoms with Crippen LogP contribution in [0.1, 0.15) is 57.7 Å². The van der Waals surface area contributed by atoms with Crippen LogP contribution >= 0.6 is 0 Å². The van der Waals surface area contributed by atoms with Crippen molar-refractivity contribution in [3.63, 3.8) is 0 Å². The molecule has 0 aliphatic carbocycles. The van der Waals surface area contributed by atoms with Gasteiger partial charge in [0.05, 0.1) is 17.6 Å². The van der Waals surface area contributed by atoms with Crippen LogP contribution in [0, 0.1) is 0 Å². The highest BCUT2D eigenvalue weighted by atomic mass is 15.2. The summed E-state index contributed by atoms with van der Waals surface area (Å²) < 4.78 is 0. The van der Waals surface area contributed by atoms with Crippen molar-refractivity contribution < 1.29 is 0 Å². The van der Waals surface area contributed by atoms with Gasteiger partial charge in [-0.3, -0.25) is 4.98 Å². The standard InChI is InChI=1S/C15H25N3/c1-3-6-13-7-4-5-10-18(13)14-8-9-15(12(2)16)17-11-14/h8-9,11-13H,3-7,10,16H2,1-2H3/t12-,13?/m1/s1. The zero-order valence-corrected chi connectivity index (χ0v) is 11.6. The van der Waals surface area contributed by atoms with E-state index < -0.39 is 0 Å². The topological polar surface area (TPSA) is 42.1 Å². The van der Waals surface area contributed by atoms with Gasteiger partial charge in [0.25, 0.3) is 0 Å². The lowest BCUT2D eigenvalue weighted by molar-refractivity contribution is 0.434. The molecule has 2 rings (SSSR count). The van der Waals surface area contributed by atoms with Crippen LogP contribution in [-0.2, 0) is 0 Å². The number of nitrogens with two attached hydrogens (primary N) is 1. The molecule has 1 aromatic rings. The molecule has 18 heavy (non-hydrogen) atoms. The lowest BCUT2D eigenvalue weighted by Gasteiger charge is -2.37. The van der Waals surface area contributed by atoms with E-state index in [0.29, 0.717) is 6.04 Å². The second kappa shape index (κ2) is 6.19. The maximum atomic E-state index is 5.84. The van der Waals surface area contributed by atoms with Gasteiger partial charge in [0.15, 0.2) is 0 Å². The molecule has 3 nitrogen and oxygen atoms in total. The Balaban J connectivity index is 2.12. The number of piperidine rings is 1. The number of hydrogen-bond acceptors (Lipinski definition) is 3. The quantitative estimate of drug-likeness (QED) is 0.888. The van der Waals surface area contributed by atoms with Crippen molar-refractivity contribution in [2.75, 3.05) is 11.4 Å². The fourth-order valence-corrected chi connectivity index (χ4v) is 2.81. The van der Waals surface area contributed by atoms with Crippen molar-refractivity contribution >= 4 is 5.69 Å². The van der Waals surface area contributed by atoms with Crippen molar-refractivity contribution in [3.8, 4) is 0 Å². The highest BCUT2D eigenvalue weighted by molar-refractivity contribution is 5.46. The number of anilines is 1. The molecule has 0 aromatic carbocycles. The summed E-state index contributed by atoms with van der Waals surface area (Å²) in [6.45, 7) is 5.41. The molecule has 1 aliphatic heterocycles. The Kier molecular flexibility index (Phi) is 4.59. The minimum atomic E-state index is 0.0202. The molecule has 0 spiro atoms. The van der Waals surface area contributed by atoms with Gasteiger partial charge in [0.2, 0.25) is 0 Å². The molecule has 2 heterocycles. The molecule has 0 saturated carbocycles. The van der Waals surface area contributed by atoms with Gasteiger partial charge in [-0.1, -0.05) is 13.3 Å². The van der Waals surface area contributed by atoms with Crippen LogP contribution in [0.4, 0.5) is 5.69 Å². The van der Waals surface area contributed by atoms with Gasteiger partial charge in [-0.2, -0.15) is 0 Å². The number of hydrogen-bond donors (Lipinski definition) is 1. The van der Waals surface area contributed by atoms with E-state index in [0.717, 1.165) is 5.69 Å². The van der Waals surface area contributed by atoms with E-state index in [2.05, 4.69) is 28.9 Å². The Bertz CT molecular complexity index is 357. The summed E-state index contributed by atoms with van der Waals surface area (Å²) in [7, 11) is 0. The molecule has 2 atom stereocenters. The summed E-state index contributed by atoms with van der Waals surface area (Å²) >= 11 is 0. The van der Waals surface area contributed by atoms with E-state index in [4.69, 9.17) is 5.73 Å². The lowest BCUT2D eigenvalue weighted by Crippen LogP contribution is -2.39. The predicted octanol–water partition coefficient (Wildman–Crippen LogP) is 3.26. The summed E-state index contributed by atoms with van der Waals surface area (Å²) in [6.07, 6.45) is 8.53. The van der Waals surface area contributed by atoms with Crippen LogP contribution < -0.4 is 10.6 Å². The molecular formula is C15H25N3. The molecule has 1 saturated heterocycles. The highest BCUT2D eigenvalue weighted by Gasteiger charge is 2.22. The summed E-state index contributed by atoms with van der Waals surface area (Å²) in [5, 5.41) is 0. The Morgan fingerprint density at radius 1 is 1.44 bits per heavy atom. The summed E-state index contributed by atoms with van der Waals surface area (Å²) in [6, 6.07) is 4.97. The molecule has 1 fully saturated rings. The van der Waals surface area contributed by atoms with Crippen LogP contribution in [0.5, 0.6) is 0 Å². The molecule has 2 N–H and O–H groups in total. The Hall–Kier alpha value is -1.09. The maximum absolute atomic E-state index is 5.84. The van der Waals surface area contributed by atoms with Gasteiger partial charge >= 0.3 is 0 Å². The first-order valence-corrected chi connectivity index (χ1v) is 7.20. The number of aromatic nitrogens is 1. The summed E-state index contributed by atoms with van der Waals surface area (Å²) in [5.74, 6) is 0. The lowest BCUT2D eigenvalue weighted by atomic mass is 9.97. The minimum absolute atomic E-state index is 0.0202. The SMILES string of the molecule is CCCC1CCCCN1c1ccc([C@@H](C)N)nc1. The largest absolute Gasteiger partial charge is 0.367 e. The molecule has 0 bridgehead atoms. The molecule has 1 unspecified atom stereocenters. The zero-order chi connectivity index (χ0) is 13.0. The normalized spacial score (nSPS) is 21.9. The van der Waals surface area contributed by atoms with Crippen molar-refractivity contribution in [2.24, 2.45) is 5.73 Å². The van der Waals surface area contributed by atoms with Gasteiger partial charge in [-0.05, 0) is 44.7 Å². The average molecular weight is 247 g/mol. The third-order valence-corrected chi connectivity index (χ3v) is 3.82. The molecule has 0 amide bonds. The third kappa shape index (κ3) is 3.02. The van der Waals surface area contributed by atoms with Crippen LogP contribution in [0.15, 0.2) is 18.3 Å². The first-order valence-electron chi connectivity index (χ1n) is 7.20. The summed E-state index contributed by atoms with van der Waals surface area (Å²) in [5.41, 5.74) is 8.08. The predicted molar refractivity (Wildman–Crippen MR) is 76.7 cm³/mol. The molecular weight excluding hydrogens is 222 g/mol. The molecule has 100 valence electrons. The van der Waals surface area contributed by atoms with E-state index in [1.807, 2.05) is 13.1 Å². The van der Waals surface area contributed by atoms with Gasteiger partial charge in [0.1, 0.15) is 0 Å². The summed E-state index contributed by atoms with van der Waals surface area (Å²) in [4.78, 5) is 7.01. The van der Waals surface area contributed by atoms with Crippen LogP contribution in [0.25, 0.3) is 0 Å². The first-order chi connectivity index (χ1) is 8.72. The van der Waals surface area contributed by atoms with Crippen LogP contribution in [0.2, 0.25) is 0 Å². The molecule has 0 radical (unpaired) electrons. The fourth-order valence-electron chi connectivity index (χ4n) is 2.81. The minimum Gasteiger partial charge on any atom is -0.367 e. The Morgan fingerprint density at radius 2 is 2.28 bits per heavy atom. The van der Waals surface area contributed by atoms with Crippen molar-refractivity contribution in [3.05, 3.63) is 24.0 Å². The smallest absolute Gasteiger partial charge is 0.0569 e. The van der Waals surface area contributed by atoms with E-state index in [-0.39, 0.29) is 6.04 Å². The van der Waals surface area contributed by atoms with Crippen LogP contribution in [-0.4, -0.2) is 17.6 Å². The van der Waals surface area contributed by atoms with Crippen molar-refractivity contribution in [2.45, 2.75) is 58.0 Å². The van der Waals surface area contributed by atoms with E-state index in [1.54, 1.807) is 0 Å². The Labute approximate surface area is 110 Å². The Morgan fingerprint density at radius 3 is 2.89 bits per heavy atom. The second-order valence-electron chi connectivity index (χ2n) is 5.36. The first kappa shape index (κ1) is 13.3. The van der Waals surface area contributed by atoms with Crippen molar-refractivity contribution in [1.82, 2.24) is 4.98 Å².